The fourth-order valence-corrected chi connectivity index (χ4v) is 0. The van der Waals surface area contributed by atoms with E-state index in [9.17, 15) is 0 Å². The quantitative estimate of drug-likeness (QED) is 0.223. The van der Waals surface area contributed by atoms with Crippen LogP contribution >= 0.6 is 0 Å². The predicted octanol–water partition coefficient (Wildman–Crippen LogP) is -1.49. The summed E-state index contributed by atoms with van der Waals surface area (Å²) in [5.41, 5.74) is 0. The summed E-state index contributed by atoms with van der Waals surface area (Å²) < 4.78 is 34.1. The molecule has 32 valence electrons. The smallest absolute Gasteiger partial charge is 0.759 e. The van der Waals surface area contributed by atoms with Gasteiger partial charge in [0.25, 0.3) is 0 Å². The van der Waals surface area contributed by atoms with E-state index in [1.807, 2.05) is 0 Å². The first kappa shape index (κ1) is 9.81. The zero-order valence-corrected chi connectivity index (χ0v) is 4.98. The van der Waals surface area contributed by atoms with Crippen molar-refractivity contribution in [2.75, 3.05) is 0 Å². The average molecular weight is 122 g/mol. The molecule has 0 saturated carbocycles. The summed E-state index contributed by atoms with van der Waals surface area (Å²) in [7, 11) is -5.17. The number of rotatable bonds is 0. The maximum absolute atomic E-state index is 8.52. The second-order valence-electron chi connectivity index (χ2n) is 0.408. The van der Waals surface area contributed by atoms with E-state index in [4.69, 9.17) is 17.5 Å². The van der Waals surface area contributed by atoms with Crippen LogP contribution in [0.4, 0.5) is 0 Å². The summed E-state index contributed by atoms with van der Waals surface area (Å²) in [6.07, 6.45) is 0. The van der Waals surface area contributed by atoms with Crippen LogP contribution in [0.25, 0.3) is 0 Å². The van der Waals surface area contributed by atoms with Crippen molar-refractivity contribution in [3.63, 3.8) is 0 Å². The molecular formula is H2MgO4S+2. The van der Waals surface area contributed by atoms with Gasteiger partial charge in [0.2, 0.25) is 0 Å². The third kappa shape index (κ3) is 151. The molecule has 0 bridgehead atoms. The molecule has 0 aliphatic rings. The van der Waals surface area contributed by atoms with Gasteiger partial charge < -0.3 is 9.11 Å². The van der Waals surface area contributed by atoms with Gasteiger partial charge in [-0.05, 0) is 0 Å². The Bertz CT molecular complexity index is 97.2. The first-order valence-electron chi connectivity index (χ1n) is 0.667. The Labute approximate surface area is 54.2 Å². The maximum Gasteiger partial charge on any atom is 2.00 e. The second kappa shape index (κ2) is 2.75. The Morgan fingerprint density at radius 3 is 1.33 bits per heavy atom. The summed E-state index contributed by atoms with van der Waals surface area (Å²) in [5, 5.41) is 0. The van der Waals surface area contributed by atoms with Crippen molar-refractivity contribution in [3.8, 4) is 0 Å². The van der Waals surface area contributed by atoms with Gasteiger partial charge in [0.05, 0.1) is 0 Å². The summed E-state index contributed by atoms with van der Waals surface area (Å²) in [4.78, 5) is 0. The van der Waals surface area contributed by atoms with Crippen molar-refractivity contribution in [1.29, 1.82) is 0 Å². The molecule has 0 atom stereocenters. The van der Waals surface area contributed by atoms with E-state index in [2.05, 4.69) is 0 Å². The molecule has 0 rings (SSSR count). The van der Waals surface area contributed by atoms with E-state index >= 15 is 0 Å². The molecule has 0 N–H and O–H groups in total. The molecule has 6 heteroatoms. The van der Waals surface area contributed by atoms with Gasteiger partial charge in [-0.3, -0.25) is 8.42 Å². The van der Waals surface area contributed by atoms with E-state index < -0.39 is 10.4 Å². The molecule has 4 nitrogen and oxygen atoms in total. The van der Waals surface area contributed by atoms with Crippen LogP contribution in [0.2, 0.25) is 0 Å². The monoisotopic (exact) mass is 122 g/mol. The van der Waals surface area contributed by atoms with Crippen LogP contribution in [0, 0.1) is 0 Å². The SMILES string of the molecule is O=S(=O)([O-])[O-].[H+].[H+].[Mg+2]. The van der Waals surface area contributed by atoms with Gasteiger partial charge in [0.15, 0.2) is 0 Å². The van der Waals surface area contributed by atoms with Crippen molar-refractivity contribution < 1.29 is 20.4 Å². The van der Waals surface area contributed by atoms with Gasteiger partial charge in [-0.25, -0.2) is 0 Å². The van der Waals surface area contributed by atoms with Crippen molar-refractivity contribution in [2.45, 2.75) is 0 Å². The molecule has 6 heavy (non-hydrogen) atoms. The Hall–Kier alpha value is 0.636. The number of hydrogen-bond donors (Lipinski definition) is 0. The minimum atomic E-state index is -5.17. The fourth-order valence-electron chi connectivity index (χ4n) is 0. The Balaban J connectivity index is -0.0000000267. The molecule has 0 amide bonds. The van der Waals surface area contributed by atoms with E-state index in [1.165, 1.54) is 0 Å². The van der Waals surface area contributed by atoms with Crippen LogP contribution in [0.5, 0.6) is 0 Å². The summed E-state index contributed by atoms with van der Waals surface area (Å²) in [6, 6.07) is 0. The van der Waals surface area contributed by atoms with Crippen LogP contribution < -0.4 is 0 Å². The van der Waals surface area contributed by atoms with Crippen LogP contribution in [0.3, 0.4) is 0 Å². The zero-order chi connectivity index (χ0) is 4.50. The molecule has 0 aliphatic carbocycles. The molecule has 0 aromatic rings. The Kier molecular flexibility index (Phi) is 4.50. The molecule has 0 fully saturated rings. The van der Waals surface area contributed by atoms with Crippen molar-refractivity contribution in [3.05, 3.63) is 0 Å². The number of hydrogen-bond acceptors (Lipinski definition) is 4. The standard InChI is InChI=1S/Mg.H2O4S/c;1-5(2,3)4/h;(H2,1,2,3,4)/q+2;. The third-order valence-corrected chi connectivity index (χ3v) is 0. The molecular weight excluding hydrogens is 120 g/mol. The van der Waals surface area contributed by atoms with Crippen molar-refractivity contribution in [1.82, 2.24) is 0 Å². The van der Waals surface area contributed by atoms with Crippen molar-refractivity contribution in [2.24, 2.45) is 0 Å². The minimum Gasteiger partial charge on any atom is -0.759 e. The molecule has 0 spiro atoms. The van der Waals surface area contributed by atoms with Crippen molar-refractivity contribution >= 4 is 33.5 Å². The Morgan fingerprint density at radius 1 is 1.33 bits per heavy atom. The topological polar surface area (TPSA) is 80.3 Å². The van der Waals surface area contributed by atoms with Crippen LogP contribution in [0.1, 0.15) is 2.85 Å². The summed E-state index contributed by atoms with van der Waals surface area (Å²) >= 11 is 0. The molecule has 0 unspecified atom stereocenters. The zero-order valence-electron chi connectivity index (χ0n) is 4.75. The van der Waals surface area contributed by atoms with E-state index in [0.717, 1.165) is 0 Å². The fraction of sp³-hybridized carbons (Fsp3) is 0. The van der Waals surface area contributed by atoms with E-state index in [1.54, 1.807) is 0 Å². The summed E-state index contributed by atoms with van der Waals surface area (Å²) in [6.45, 7) is 0. The molecule has 0 aromatic heterocycles. The van der Waals surface area contributed by atoms with Crippen LogP contribution in [-0.2, 0) is 10.4 Å². The first-order chi connectivity index (χ1) is 2.00. The van der Waals surface area contributed by atoms with Gasteiger partial charge in [0.1, 0.15) is 0 Å². The van der Waals surface area contributed by atoms with E-state index in [-0.39, 0.29) is 25.9 Å². The molecule has 0 heterocycles. The molecule has 0 saturated heterocycles. The second-order valence-corrected chi connectivity index (χ2v) is 1.22. The molecule has 0 aliphatic heterocycles. The molecule has 0 radical (unpaired) electrons. The predicted molar refractivity (Wildman–Crippen MR) is 18.5 cm³/mol. The maximum atomic E-state index is 8.52. The largest absolute Gasteiger partial charge is 2.00 e. The average Bonchev–Trinajstić information content (AvgIpc) is 0.722. The van der Waals surface area contributed by atoms with Gasteiger partial charge in [-0.1, -0.05) is 0 Å². The van der Waals surface area contributed by atoms with E-state index in [0.29, 0.717) is 0 Å². The minimum absolute atomic E-state index is 0. The third-order valence-electron chi connectivity index (χ3n) is 0. The van der Waals surface area contributed by atoms with Gasteiger partial charge >= 0.3 is 25.9 Å². The van der Waals surface area contributed by atoms with Gasteiger partial charge in [-0.15, -0.1) is 0 Å². The van der Waals surface area contributed by atoms with Gasteiger partial charge in [0, 0.05) is 10.4 Å². The van der Waals surface area contributed by atoms with Crippen LogP contribution in [-0.4, -0.2) is 40.6 Å². The van der Waals surface area contributed by atoms with Gasteiger partial charge in [-0.2, -0.15) is 0 Å². The first-order valence-corrected chi connectivity index (χ1v) is 2.00. The summed E-state index contributed by atoms with van der Waals surface area (Å²) in [5.74, 6) is 0. The Morgan fingerprint density at radius 2 is 1.33 bits per heavy atom. The molecule has 0 aromatic carbocycles. The van der Waals surface area contributed by atoms with Crippen LogP contribution in [0.15, 0.2) is 0 Å². The normalized spacial score (nSPS) is 9.67.